The fourth-order valence-corrected chi connectivity index (χ4v) is 5.41. The van der Waals surface area contributed by atoms with E-state index in [1.54, 1.807) is 42.5 Å². The lowest BCUT2D eigenvalue weighted by Crippen LogP contribution is -2.35. The first-order valence-corrected chi connectivity index (χ1v) is 12.3. The molecule has 4 rings (SSSR count). The Morgan fingerprint density at radius 1 is 0.941 bits per heavy atom. The summed E-state index contributed by atoms with van der Waals surface area (Å²) < 4.78 is 64.1. The maximum Gasteiger partial charge on any atom is 0.416 e. The average molecular weight is 489 g/mol. The minimum atomic E-state index is -4.39. The number of halogens is 3. The van der Waals surface area contributed by atoms with E-state index < -0.39 is 21.6 Å². The molecule has 0 amide bonds. The summed E-state index contributed by atoms with van der Waals surface area (Å²) in [7, 11) is -3.37. The van der Waals surface area contributed by atoms with Crippen LogP contribution < -0.4 is 10.6 Å². The number of nitrogens with one attached hydrogen (secondary N) is 2. The maximum atomic E-state index is 12.8. The van der Waals surface area contributed by atoms with Gasteiger partial charge in [0.1, 0.15) is 0 Å². The van der Waals surface area contributed by atoms with E-state index in [0.29, 0.717) is 53.6 Å². The van der Waals surface area contributed by atoms with Gasteiger partial charge in [0.25, 0.3) is 0 Å². The minimum absolute atomic E-state index is 0.293. The molecule has 1 saturated heterocycles. The second-order valence-electron chi connectivity index (χ2n) is 7.94. The van der Waals surface area contributed by atoms with Crippen molar-refractivity contribution < 1.29 is 21.6 Å². The van der Waals surface area contributed by atoms with Crippen LogP contribution in [0.15, 0.2) is 65.8 Å². The number of hydrogen-bond acceptors (Lipinski definition) is 6. The van der Waals surface area contributed by atoms with E-state index in [1.165, 1.54) is 18.5 Å². The third kappa shape index (κ3) is 5.81. The van der Waals surface area contributed by atoms with Crippen molar-refractivity contribution in [1.29, 1.82) is 0 Å². The van der Waals surface area contributed by atoms with Crippen LogP contribution in [0.3, 0.4) is 0 Å². The SMILES string of the molecule is O=S(=O)(c1ccc(Nc2ncc(C=Cc3cccc(C(F)(F)F)c3)cn2)cc1)C1CCNCC1. The van der Waals surface area contributed by atoms with Crippen LogP contribution in [-0.4, -0.2) is 36.7 Å². The highest BCUT2D eigenvalue weighted by Gasteiger charge is 2.30. The predicted molar refractivity (Wildman–Crippen MR) is 125 cm³/mol. The molecule has 1 fully saturated rings. The normalized spacial score (nSPS) is 15.5. The number of anilines is 2. The number of hydrogen-bond donors (Lipinski definition) is 2. The summed E-state index contributed by atoms with van der Waals surface area (Å²) in [6.45, 7) is 1.40. The first-order valence-electron chi connectivity index (χ1n) is 10.7. The van der Waals surface area contributed by atoms with Crippen LogP contribution in [0.5, 0.6) is 0 Å². The van der Waals surface area contributed by atoms with Crippen molar-refractivity contribution in [1.82, 2.24) is 15.3 Å². The van der Waals surface area contributed by atoms with Crippen LogP contribution in [0.1, 0.15) is 29.5 Å². The number of nitrogens with zero attached hydrogens (tertiary/aromatic N) is 2. The fourth-order valence-electron chi connectivity index (χ4n) is 3.65. The molecule has 0 unspecified atom stereocenters. The van der Waals surface area contributed by atoms with E-state index in [2.05, 4.69) is 20.6 Å². The molecular formula is C24H23F3N4O2S. The van der Waals surface area contributed by atoms with Gasteiger partial charge in [-0.3, -0.25) is 0 Å². The van der Waals surface area contributed by atoms with E-state index in [0.717, 1.165) is 12.1 Å². The predicted octanol–water partition coefficient (Wildman–Crippen LogP) is 4.94. The van der Waals surface area contributed by atoms with Crippen LogP contribution in [0, 0.1) is 0 Å². The van der Waals surface area contributed by atoms with Crippen molar-refractivity contribution in [2.24, 2.45) is 0 Å². The molecular weight excluding hydrogens is 465 g/mol. The van der Waals surface area contributed by atoms with Crippen molar-refractivity contribution in [2.75, 3.05) is 18.4 Å². The topological polar surface area (TPSA) is 84.0 Å². The number of piperidine rings is 1. The Kier molecular flexibility index (Phi) is 6.99. The van der Waals surface area contributed by atoms with Crippen molar-refractivity contribution >= 4 is 33.6 Å². The van der Waals surface area contributed by atoms with E-state index in [9.17, 15) is 21.6 Å². The number of benzene rings is 2. The summed E-state index contributed by atoms with van der Waals surface area (Å²) in [6.07, 6.45) is 3.07. The second kappa shape index (κ2) is 9.94. The standard InChI is InChI=1S/C24H23F3N4O2S/c25-24(26,27)19-3-1-2-17(14-19)4-5-18-15-29-23(30-16-18)31-20-6-8-21(9-7-20)34(32,33)22-10-12-28-13-11-22/h1-9,14-16,22,28H,10-13H2,(H,29,30,31). The number of sulfone groups is 1. The number of rotatable bonds is 6. The van der Waals surface area contributed by atoms with Gasteiger partial charge in [0.15, 0.2) is 9.84 Å². The van der Waals surface area contributed by atoms with Crippen LogP contribution >= 0.6 is 0 Å². The van der Waals surface area contributed by atoms with E-state index in [-0.39, 0.29) is 5.25 Å². The Morgan fingerprint density at radius 3 is 2.24 bits per heavy atom. The molecule has 2 aromatic carbocycles. The second-order valence-corrected chi connectivity index (χ2v) is 10.2. The Bertz CT molecular complexity index is 1250. The van der Waals surface area contributed by atoms with E-state index in [4.69, 9.17) is 0 Å². The molecule has 0 spiro atoms. The zero-order valence-corrected chi connectivity index (χ0v) is 18.9. The lowest BCUT2D eigenvalue weighted by atomic mass is 10.1. The molecule has 0 radical (unpaired) electrons. The smallest absolute Gasteiger partial charge is 0.324 e. The van der Waals surface area contributed by atoms with Crippen LogP contribution in [0.4, 0.5) is 24.8 Å². The maximum absolute atomic E-state index is 12.8. The Labute approximate surface area is 195 Å². The van der Waals surface area contributed by atoms with Gasteiger partial charge >= 0.3 is 6.18 Å². The van der Waals surface area contributed by atoms with Gasteiger partial charge in [-0.05, 0) is 67.9 Å². The zero-order chi connectivity index (χ0) is 24.2. The molecule has 0 saturated carbocycles. The van der Waals surface area contributed by atoms with Crippen molar-refractivity contribution in [3.63, 3.8) is 0 Å². The molecule has 1 aliphatic heterocycles. The Balaban J connectivity index is 1.40. The molecule has 178 valence electrons. The van der Waals surface area contributed by atoms with E-state index in [1.807, 2.05) is 0 Å². The van der Waals surface area contributed by atoms with E-state index >= 15 is 0 Å². The summed E-state index contributed by atoms with van der Waals surface area (Å²) in [4.78, 5) is 8.71. The van der Waals surface area contributed by atoms with Gasteiger partial charge in [-0.2, -0.15) is 13.2 Å². The molecule has 10 heteroatoms. The van der Waals surface area contributed by atoms with Crippen molar-refractivity contribution in [2.45, 2.75) is 29.2 Å². The summed E-state index contributed by atoms with van der Waals surface area (Å²) in [6, 6.07) is 11.5. The molecule has 34 heavy (non-hydrogen) atoms. The molecule has 1 aliphatic rings. The first kappa shape index (κ1) is 23.9. The van der Waals surface area contributed by atoms with Gasteiger partial charge < -0.3 is 10.6 Å². The lowest BCUT2D eigenvalue weighted by molar-refractivity contribution is -0.137. The minimum Gasteiger partial charge on any atom is -0.324 e. The fraction of sp³-hybridized carbons (Fsp3) is 0.250. The molecule has 3 aromatic rings. The Hall–Kier alpha value is -3.24. The summed E-state index contributed by atoms with van der Waals surface area (Å²) >= 11 is 0. The molecule has 2 N–H and O–H groups in total. The summed E-state index contributed by atoms with van der Waals surface area (Å²) in [5.74, 6) is 0.310. The Morgan fingerprint density at radius 2 is 1.59 bits per heavy atom. The zero-order valence-electron chi connectivity index (χ0n) is 18.1. The van der Waals surface area contributed by atoms with Gasteiger partial charge in [0, 0.05) is 23.6 Å². The molecule has 0 aliphatic carbocycles. The van der Waals surface area contributed by atoms with Gasteiger partial charge in [-0.1, -0.05) is 24.3 Å². The average Bonchev–Trinajstić information content (AvgIpc) is 2.84. The van der Waals surface area contributed by atoms with Crippen molar-refractivity contribution in [3.8, 4) is 0 Å². The van der Waals surface area contributed by atoms with Crippen LogP contribution in [0.2, 0.25) is 0 Å². The summed E-state index contributed by atoms with van der Waals surface area (Å²) in [5, 5.41) is 5.81. The van der Waals surface area contributed by atoms with Gasteiger partial charge in [0.2, 0.25) is 5.95 Å². The quantitative estimate of drug-likeness (QED) is 0.512. The largest absolute Gasteiger partial charge is 0.416 e. The van der Waals surface area contributed by atoms with Crippen LogP contribution in [0.25, 0.3) is 12.2 Å². The van der Waals surface area contributed by atoms with Gasteiger partial charge in [0.05, 0.1) is 15.7 Å². The monoisotopic (exact) mass is 488 g/mol. The highest BCUT2D eigenvalue weighted by molar-refractivity contribution is 7.92. The van der Waals surface area contributed by atoms with Gasteiger partial charge in [-0.25, -0.2) is 18.4 Å². The summed E-state index contributed by atoms with van der Waals surface area (Å²) in [5.41, 5.74) is 0.958. The highest BCUT2D eigenvalue weighted by Crippen LogP contribution is 2.30. The first-order chi connectivity index (χ1) is 16.2. The molecule has 1 aromatic heterocycles. The molecule has 0 bridgehead atoms. The van der Waals surface area contributed by atoms with Crippen LogP contribution in [-0.2, 0) is 16.0 Å². The number of alkyl halides is 3. The molecule has 2 heterocycles. The highest BCUT2D eigenvalue weighted by atomic mass is 32.2. The number of aromatic nitrogens is 2. The molecule has 6 nitrogen and oxygen atoms in total. The van der Waals surface area contributed by atoms with Gasteiger partial charge in [-0.15, -0.1) is 0 Å². The molecule has 0 atom stereocenters. The van der Waals surface area contributed by atoms with Crippen molar-refractivity contribution in [3.05, 3.63) is 77.6 Å². The third-order valence-electron chi connectivity index (χ3n) is 5.52. The third-order valence-corrected chi connectivity index (χ3v) is 7.80. The lowest BCUT2D eigenvalue weighted by Gasteiger charge is -2.22.